The number of halogens is 2. The van der Waals surface area contributed by atoms with Gasteiger partial charge in [-0.25, -0.2) is 17.8 Å². The third-order valence-electron chi connectivity index (χ3n) is 5.73. The monoisotopic (exact) mass is 524 g/mol. The van der Waals surface area contributed by atoms with Crippen molar-refractivity contribution in [2.45, 2.75) is 30.2 Å². The average molecular weight is 525 g/mol. The van der Waals surface area contributed by atoms with Crippen LogP contribution in [0.5, 0.6) is 0 Å². The van der Waals surface area contributed by atoms with Crippen LogP contribution in [0.15, 0.2) is 47.4 Å². The molecular formula is C23H26ClFN4O3S2. The third kappa shape index (κ3) is 5.26. The molecule has 11 heteroatoms. The van der Waals surface area contributed by atoms with E-state index in [0.29, 0.717) is 46.2 Å². The number of thiazole rings is 1. The van der Waals surface area contributed by atoms with Gasteiger partial charge in [0.05, 0.1) is 15.1 Å². The SMILES string of the molecule is CN(C)CCCN(C(=O)C1CCCN1S(=O)(=O)c1ccc(Cl)cc1)c1nc2ccc(F)cc2s1. The lowest BCUT2D eigenvalue weighted by molar-refractivity contribution is -0.121. The van der Waals surface area contributed by atoms with Crippen LogP contribution in [0.2, 0.25) is 5.02 Å². The van der Waals surface area contributed by atoms with Gasteiger partial charge in [-0.05, 0) is 82.4 Å². The van der Waals surface area contributed by atoms with E-state index in [2.05, 4.69) is 4.98 Å². The van der Waals surface area contributed by atoms with Gasteiger partial charge in [0, 0.05) is 18.1 Å². The molecule has 0 radical (unpaired) electrons. The van der Waals surface area contributed by atoms with Crippen molar-refractivity contribution in [2.75, 3.05) is 38.6 Å². The van der Waals surface area contributed by atoms with Gasteiger partial charge in [-0.2, -0.15) is 4.31 Å². The molecule has 1 saturated heterocycles. The minimum Gasteiger partial charge on any atom is -0.309 e. The standard InChI is InChI=1S/C23H26ClFN4O3S2/c1-27(2)12-4-13-28(23-26-19-11-8-17(25)15-21(19)33-23)22(30)20-5-3-14-29(20)34(31,32)18-9-6-16(24)7-10-18/h6-11,15,20H,3-5,12-14H2,1-2H3. The van der Waals surface area contributed by atoms with E-state index >= 15 is 0 Å². The van der Waals surface area contributed by atoms with Crippen molar-refractivity contribution in [1.29, 1.82) is 0 Å². The molecular weight excluding hydrogens is 499 g/mol. The quantitative estimate of drug-likeness (QED) is 0.441. The third-order valence-corrected chi connectivity index (χ3v) is 8.95. The van der Waals surface area contributed by atoms with Gasteiger partial charge in [-0.1, -0.05) is 22.9 Å². The van der Waals surface area contributed by atoms with Crippen molar-refractivity contribution in [2.24, 2.45) is 0 Å². The summed E-state index contributed by atoms with van der Waals surface area (Å²) < 4.78 is 42.3. The molecule has 0 bridgehead atoms. The van der Waals surface area contributed by atoms with Gasteiger partial charge in [-0.15, -0.1) is 0 Å². The minimum absolute atomic E-state index is 0.103. The second kappa shape index (κ2) is 10.2. The number of nitrogens with zero attached hydrogens (tertiary/aromatic N) is 4. The first-order valence-electron chi connectivity index (χ1n) is 11.0. The predicted octanol–water partition coefficient (Wildman–Crippen LogP) is 4.23. The maximum absolute atomic E-state index is 13.8. The second-order valence-electron chi connectivity index (χ2n) is 8.48. The molecule has 1 unspecified atom stereocenters. The summed E-state index contributed by atoms with van der Waals surface area (Å²) in [4.78, 5) is 22.0. The molecule has 1 amide bonds. The van der Waals surface area contributed by atoms with Crippen molar-refractivity contribution in [3.8, 4) is 0 Å². The van der Waals surface area contributed by atoms with Gasteiger partial charge < -0.3 is 4.90 Å². The summed E-state index contributed by atoms with van der Waals surface area (Å²) in [5, 5.41) is 0.882. The summed E-state index contributed by atoms with van der Waals surface area (Å²) >= 11 is 7.15. The number of hydrogen-bond acceptors (Lipinski definition) is 6. The molecule has 2 aromatic carbocycles. The molecule has 1 aromatic heterocycles. The lowest BCUT2D eigenvalue weighted by atomic mass is 10.2. The molecule has 182 valence electrons. The number of carbonyl (C=O) groups excluding carboxylic acids is 1. The number of fused-ring (bicyclic) bond motifs is 1. The highest BCUT2D eigenvalue weighted by molar-refractivity contribution is 7.89. The molecule has 0 aliphatic carbocycles. The van der Waals surface area contributed by atoms with E-state index in [-0.39, 0.29) is 23.2 Å². The molecule has 4 rings (SSSR count). The molecule has 3 aromatic rings. The van der Waals surface area contributed by atoms with E-state index in [1.807, 2.05) is 19.0 Å². The van der Waals surface area contributed by atoms with Gasteiger partial charge in [0.1, 0.15) is 11.9 Å². The van der Waals surface area contributed by atoms with Crippen LogP contribution < -0.4 is 4.90 Å². The van der Waals surface area contributed by atoms with Crippen molar-refractivity contribution < 1.29 is 17.6 Å². The summed E-state index contributed by atoms with van der Waals surface area (Å²) in [5.74, 6) is -0.683. The summed E-state index contributed by atoms with van der Waals surface area (Å²) in [6.07, 6.45) is 1.69. The Bertz CT molecular complexity index is 1280. The Kier molecular flexibility index (Phi) is 7.54. The normalized spacial score (nSPS) is 17.0. The van der Waals surface area contributed by atoms with E-state index in [0.717, 1.165) is 6.54 Å². The van der Waals surface area contributed by atoms with Gasteiger partial charge in [0.2, 0.25) is 15.9 Å². The zero-order chi connectivity index (χ0) is 24.5. The maximum atomic E-state index is 13.8. The van der Waals surface area contributed by atoms with Gasteiger partial charge in [-0.3, -0.25) is 9.69 Å². The maximum Gasteiger partial charge on any atom is 0.247 e. The Hall–Kier alpha value is -2.11. The summed E-state index contributed by atoms with van der Waals surface area (Å²) in [5.41, 5.74) is 0.601. The van der Waals surface area contributed by atoms with E-state index in [1.165, 1.54) is 52.0 Å². The second-order valence-corrected chi connectivity index (χ2v) is 11.8. The van der Waals surface area contributed by atoms with E-state index in [9.17, 15) is 17.6 Å². The van der Waals surface area contributed by atoms with Gasteiger partial charge >= 0.3 is 0 Å². The first-order chi connectivity index (χ1) is 16.2. The Morgan fingerprint density at radius 1 is 1.21 bits per heavy atom. The number of carbonyl (C=O) groups is 1. The molecule has 0 N–H and O–H groups in total. The smallest absolute Gasteiger partial charge is 0.247 e. The largest absolute Gasteiger partial charge is 0.309 e. The molecule has 34 heavy (non-hydrogen) atoms. The first-order valence-corrected chi connectivity index (χ1v) is 13.6. The number of amides is 1. The fourth-order valence-corrected chi connectivity index (χ4v) is 6.84. The Morgan fingerprint density at radius 3 is 2.65 bits per heavy atom. The highest BCUT2D eigenvalue weighted by Crippen LogP contribution is 2.33. The lowest BCUT2D eigenvalue weighted by Gasteiger charge is -2.29. The van der Waals surface area contributed by atoms with Crippen LogP contribution in [0, 0.1) is 5.82 Å². The summed E-state index contributed by atoms with van der Waals surface area (Å²) in [6.45, 7) is 1.39. The number of benzene rings is 2. The minimum atomic E-state index is -3.88. The number of anilines is 1. The summed E-state index contributed by atoms with van der Waals surface area (Å²) in [7, 11) is 0.0197. The van der Waals surface area contributed by atoms with E-state index in [4.69, 9.17) is 11.6 Å². The fraction of sp³-hybridized carbons (Fsp3) is 0.391. The van der Waals surface area contributed by atoms with Crippen LogP contribution in [0.3, 0.4) is 0 Å². The number of hydrogen-bond donors (Lipinski definition) is 0. The lowest BCUT2D eigenvalue weighted by Crippen LogP contribution is -2.48. The highest BCUT2D eigenvalue weighted by atomic mass is 35.5. The van der Waals surface area contributed by atoms with Crippen molar-refractivity contribution in [1.82, 2.24) is 14.2 Å². The van der Waals surface area contributed by atoms with E-state index < -0.39 is 16.1 Å². The number of sulfonamides is 1. The van der Waals surface area contributed by atoms with E-state index in [1.54, 1.807) is 11.0 Å². The Balaban J connectivity index is 1.65. The first kappa shape index (κ1) is 25.0. The zero-order valence-corrected chi connectivity index (χ0v) is 21.3. The van der Waals surface area contributed by atoms with Gasteiger partial charge in [0.15, 0.2) is 5.13 Å². The van der Waals surface area contributed by atoms with Crippen LogP contribution in [-0.4, -0.2) is 68.3 Å². The van der Waals surface area contributed by atoms with Crippen LogP contribution in [0.4, 0.5) is 9.52 Å². The fourth-order valence-electron chi connectivity index (χ4n) is 4.04. The molecule has 7 nitrogen and oxygen atoms in total. The summed E-state index contributed by atoms with van der Waals surface area (Å²) in [6, 6.07) is 9.43. The molecule has 1 fully saturated rings. The molecule has 0 spiro atoms. The van der Waals surface area contributed by atoms with Gasteiger partial charge in [0.25, 0.3) is 0 Å². The Morgan fingerprint density at radius 2 is 1.94 bits per heavy atom. The highest BCUT2D eigenvalue weighted by Gasteiger charge is 2.42. The topological polar surface area (TPSA) is 73.8 Å². The van der Waals surface area contributed by atoms with Crippen LogP contribution >= 0.6 is 22.9 Å². The van der Waals surface area contributed by atoms with Crippen molar-refractivity contribution in [3.05, 3.63) is 53.3 Å². The van der Waals surface area contributed by atoms with Crippen LogP contribution in [0.25, 0.3) is 10.2 Å². The predicted molar refractivity (Wildman–Crippen MR) is 133 cm³/mol. The molecule has 1 atom stereocenters. The molecule has 1 aliphatic rings. The molecule has 2 heterocycles. The number of rotatable bonds is 8. The van der Waals surface area contributed by atoms with Crippen LogP contribution in [0.1, 0.15) is 19.3 Å². The number of aromatic nitrogens is 1. The average Bonchev–Trinajstić information content (AvgIpc) is 3.44. The molecule has 0 saturated carbocycles. The van der Waals surface area contributed by atoms with Crippen LogP contribution in [-0.2, 0) is 14.8 Å². The zero-order valence-electron chi connectivity index (χ0n) is 18.9. The molecule has 1 aliphatic heterocycles. The Labute approximate surface area is 207 Å². The van der Waals surface area contributed by atoms with Crippen molar-refractivity contribution >= 4 is 54.2 Å². The van der Waals surface area contributed by atoms with Crippen molar-refractivity contribution in [3.63, 3.8) is 0 Å².